The second-order valence-electron chi connectivity index (χ2n) is 15.3. The number of ketones is 1. The predicted molar refractivity (Wildman–Crippen MR) is 189 cm³/mol. The van der Waals surface area contributed by atoms with Crippen molar-refractivity contribution in [2.45, 2.75) is 84.1 Å². The van der Waals surface area contributed by atoms with Crippen LogP contribution >= 0.6 is 0 Å². The summed E-state index contributed by atoms with van der Waals surface area (Å²) >= 11 is 0. The van der Waals surface area contributed by atoms with Crippen molar-refractivity contribution in [3.05, 3.63) is 67.3 Å². The number of carbonyl (C=O) groups is 4. The molecule has 5 rings (SSSR count). The lowest BCUT2D eigenvalue weighted by atomic mass is 9.77. The number of alkyl carbamates (subject to hydrolysis) is 1. The van der Waals surface area contributed by atoms with Gasteiger partial charge in [0.15, 0.2) is 5.78 Å². The average molecular weight is 686 g/mol. The van der Waals surface area contributed by atoms with Gasteiger partial charge in [-0.15, -0.1) is 6.58 Å². The van der Waals surface area contributed by atoms with Crippen LogP contribution in [0.3, 0.4) is 0 Å². The zero-order valence-electron chi connectivity index (χ0n) is 29.7. The fourth-order valence-electron chi connectivity index (χ4n) is 6.71. The Kier molecular flexibility index (Phi) is 10.0. The molecule has 0 saturated heterocycles. The van der Waals surface area contributed by atoms with Crippen LogP contribution in [0, 0.1) is 23.2 Å². The second-order valence-corrected chi connectivity index (χ2v) is 15.3. The fraction of sp³-hybridized carbons (Fsp3) is 0.462. The number of carboxylic acids is 1. The Morgan fingerprint density at radius 1 is 1.00 bits per heavy atom. The highest BCUT2D eigenvalue weighted by atomic mass is 16.6. The molecule has 3 N–H and O–H groups in total. The van der Waals surface area contributed by atoms with Crippen molar-refractivity contribution >= 4 is 34.7 Å². The maximum absolute atomic E-state index is 14.5. The minimum absolute atomic E-state index is 0.140. The molecule has 2 aliphatic rings. The fourth-order valence-corrected chi connectivity index (χ4v) is 6.71. The Balaban J connectivity index is 1.51. The minimum Gasteiger partial charge on any atom is -0.497 e. The number of methoxy groups -OCH3 is 1. The number of carboxylic acid groups (broad SMARTS) is 1. The van der Waals surface area contributed by atoms with Gasteiger partial charge in [0.25, 0.3) is 0 Å². The summed E-state index contributed by atoms with van der Waals surface area (Å²) in [5, 5.41) is 16.3. The highest BCUT2D eigenvalue weighted by molar-refractivity contribution is 5.97. The van der Waals surface area contributed by atoms with E-state index in [9.17, 15) is 24.3 Å². The quantitative estimate of drug-likeness (QED) is 0.196. The third-order valence-corrected chi connectivity index (χ3v) is 9.40. The van der Waals surface area contributed by atoms with Crippen molar-refractivity contribution < 1.29 is 38.5 Å². The summed E-state index contributed by atoms with van der Waals surface area (Å²) in [6.07, 6.45) is 0.676. The van der Waals surface area contributed by atoms with Gasteiger partial charge in [0.2, 0.25) is 5.91 Å². The maximum Gasteiger partial charge on any atom is 0.408 e. The number of ether oxygens (including phenoxy) is 3. The summed E-state index contributed by atoms with van der Waals surface area (Å²) in [6, 6.07) is 16.0. The van der Waals surface area contributed by atoms with Crippen LogP contribution in [0.15, 0.2) is 67.3 Å². The minimum atomic E-state index is -1.48. The molecule has 0 spiro atoms. The molecule has 1 heterocycles. The summed E-state index contributed by atoms with van der Waals surface area (Å²) in [5.74, 6) is -3.18. The van der Waals surface area contributed by atoms with Crippen LogP contribution in [0.1, 0.15) is 60.8 Å². The van der Waals surface area contributed by atoms with E-state index in [0.717, 1.165) is 10.9 Å². The molecule has 2 amide bonds. The lowest BCUT2D eigenvalue weighted by Crippen LogP contribution is -2.54. The molecule has 4 unspecified atom stereocenters. The Morgan fingerprint density at radius 2 is 1.68 bits per heavy atom. The Hall–Kier alpha value is -4.93. The third kappa shape index (κ3) is 7.77. The molecule has 6 atom stereocenters. The number of aliphatic carboxylic acids is 1. The van der Waals surface area contributed by atoms with Gasteiger partial charge in [-0.1, -0.05) is 57.2 Å². The number of nitrogens with one attached hydrogen (secondary N) is 2. The summed E-state index contributed by atoms with van der Waals surface area (Å²) < 4.78 is 17.6. The number of benzene rings is 2. The standard InChI is InChI=1S/C39H47N3O8/c1-9-23-21-39(23,35(45)46)42-34(44)28-18-25(17-27(28)32(43)33(37(2,3)4)41-36(47)50-38(5,6)7)49-31-20-29(22-13-11-10-12-14-22)40-30-19-24(48-8)15-16-26(30)31/h9-16,19-20,23,25,27-28,33H,1,17-18,21H2,2-8H3,(H,41,47)(H,42,44)(H,45,46)/t23?,25-,27?,28+,33?,39?/m0/s1. The molecular weight excluding hydrogens is 638 g/mol. The molecule has 2 fully saturated rings. The number of pyridine rings is 1. The first-order valence-corrected chi connectivity index (χ1v) is 16.9. The zero-order valence-corrected chi connectivity index (χ0v) is 29.7. The zero-order chi connectivity index (χ0) is 36.6. The van der Waals surface area contributed by atoms with Gasteiger partial charge < -0.3 is 30.0 Å². The summed E-state index contributed by atoms with van der Waals surface area (Å²) in [4.78, 5) is 58.6. The van der Waals surface area contributed by atoms with Gasteiger partial charge >= 0.3 is 12.1 Å². The van der Waals surface area contributed by atoms with Gasteiger partial charge in [-0.25, -0.2) is 14.6 Å². The first-order chi connectivity index (χ1) is 23.5. The first-order valence-electron chi connectivity index (χ1n) is 16.9. The predicted octanol–water partition coefficient (Wildman–Crippen LogP) is 6.34. The lowest BCUT2D eigenvalue weighted by molar-refractivity contribution is -0.144. The highest BCUT2D eigenvalue weighted by Crippen LogP contribution is 2.46. The van der Waals surface area contributed by atoms with E-state index >= 15 is 0 Å². The van der Waals surface area contributed by atoms with Gasteiger partial charge in [0.1, 0.15) is 28.7 Å². The SMILES string of the molecule is C=CC1CC1(NC(=O)[C@@H]1C[C@@H](Oc2cc(-c3ccccc3)nc3cc(OC)ccc23)CC1C(=O)C(NC(=O)OC(C)(C)C)C(C)(C)C)C(=O)O. The summed E-state index contributed by atoms with van der Waals surface area (Å²) in [5.41, 5.74) is -0.830. The van der Waals surface area contributed by atoms with Gasteiger partial charge in [0, 0.05) is 34.9 Å². The van der Waals surface area contributed by atoms with Crippen LogP contribution in [0.2, 0.25) is 0 Å². The molecular formula is C39H47N3O8. The summed E-state index contributed by atoms with van der Waals surface area (Å²) in [7, 11) is 1.58. The van der Waals surface area contributed by atoms with Crippen molar-refractivity contribution in [2.24, 2.45) is 23.2 Å². The molecule has 2 aliphatic carbocycles. The first kappa shape index (κ1) is 36.4. The highest BCUT2D eigenvalue weighted by Gasteiger charge is 2.61. The van der Waals surface area contributed by atoms with Crippen LogP contribution in [0.4, 0.5) is 4.79 Å². The van der Waals surface area contributed by atoms with Crippen LogP contribution in [-0.4, -0.2) is 64.2 Å². The third-order valence-electron chi connectivity index (χ3n) is 9.40. The number of Topliss-reactive ketones (excluding diaryl/α,β-unsaturated/α-hetero) is 1. The number of amides is 2. The molecule has 2 aromatic carbocycles. The van der Waals surface area contributed by atoms with Crippen LogP contribution in [-0.2, 0) is 19.1 Å². The molecule has 0 radical (unpaired) electrons. The molecule has 3 aromatic rings. The van der Waals surface area contributed by atoms with E-state index in [1.165, 1.54) is 6.08 Å². The van der Waals surface area contributed by atoms with Gasteiger partial charge in [-0.2, -0.15) is 0 Å². The molecule has 50 heavy (non-hydrogen) atoms. The number of aromatic nitrogens is 1. The number of hydrogen-bond acceptors (Lipinski definition) is 8. The molecule has 266 valence electrons. The van der Waals surface area contributed by atoms with E-state index in [4.69, 9.17) is 19.2 Å². The van der Waals surface area contributed by atoms with E-state index in [2.05, 4.69) is 17.2 Å². The van der Waals surface area contributed by atoms with E-state index in [0.29, 0.717) is 22.7 Å². The topological polar surface area (TPSA) is 153 Å². The van der Waals surface area contributed by atoms with E-state index < -0.39 is 64.4 Å². The second kappa shape index (κ2) is 13.8. The van der Waals surface area contributed by atoms with Crippen LogP contribution in [0.25, 0.3) is 22.2 Å². The van der Waals surface area contributed by atoms with Gasteiger partial charge in [0.05, 0.1) is 30.3 Å². The molecule has 11 heteroatoms. The van der Waals surface area contributed by atoms with Crippen LogP contribution < -0.4 is 20.1 Å². The van der Waals surface area contributed by atoms with Crippen molar-refractivity contribution in [3.63, 3.8) is 0 Å². The number of hydrogen-bond donors (Lipinski definition) is 3. The van der Waals surface area contributed by atoms with Crippen molar-refractivity contribution in [1.82, 2.24) is 15.6 Å². The van der Waals surface area contributed by atoms with Crippen molar-refractivity contribution in [3.8, 4) is 22.8 Å². The molecule has 0 bridgehead atoms. The molecule has 0 aliphatic heterocycles. The molecule has 1 aromatic heterocycles. The number of fused-ring (bicyclic) bond motifs is 1. The smallest absolute Gasteiger partial charge is 0.408 e. The average Bonchev–Trinajstić information content (AvgIpc) is 3.61. The Morgan fingerprint density at radius 3 is 2.26 bits per heavy atom. The van der Waals surface area contributed by atoms with Gasteiger partial charge in [-0.05, 0) is 57.6 Å². The van der Waals surface area contributed by atoms with Crippen molar-refractivity contribution in [1.29, 1.82) is 0 Å². The number of nitrogens with zero attached hydrogens (tertiary/aromatic N) is 1. The number of carbonyl (C=O) groups excluding carboxylic acids is 3. The Bertz CT molecular complexity index is 1790. The normalized spacial score (nSPS) is 23.7. The Labute approximate surface area is 292 Å². The monoisotopic (exact) mass is 685 g/mol. The van der Waals surface area contributed by atoms with Crippen LogP contribution in [0.5, 0.6) is 11.5 Å². The van der Waals surface area contributed by atoms with E-state index in [1.54, 1.807) is 27.9 Å². The largest absolute Gasteiger partial charge is 0.497 e. The molecule has 2 saturated carbocycles. The van der Waals surface area contributed by atoms with E-state index in [-0.39, 0.29) is 25.0 Å². The van der Waals surface area contributed by atoms with Gasteiger partial charge in [-0.3, -0.25) is 9.59 Å². The number of rotatable bonds is 11. The maximum atomic E-state index is 14.5. The summed E-state index contributed by atoms with van der Waals surface area (Å²) in [6.45, 7) is 14.4. The molecule has 11 nitrogen and oxygen atoms in total. The van der Waals surface area contributed by atoms with E-state index in [1.807, 2.05) is 75.4 Å². The lowest BCUT2D eigenvalue weighted by Gasteiger charge is -2.34. The van der Waals surface area contributed by atoms with Crippen molar-refractivity contribution in [2.75, 3.05) is 7.11 Å².